The first-order valence-electron chi connectivity index (χ1n) is 5.65. The van der Waals surface area contributed by atoms with E-state index in [0.29, 0.717) is 0 Å². The largest absolute Gasteiger partial charge is 0.501 e. The van der Waals surface area contributed by atoms with Gasteiger partial charge in [0.25, 0.3) is 0 Å². The lowest BCUT2D eigenvalue weighted by atomic mass is 10.2. The Morgan fingerprint density at radius 3 is 1.94 bits per heavy atom. The molecule has 0 amide bonds. The van der Waals surface area contributed by atoms with Crippen molar-refractivity contribution in [1.29, 1.82) is 0 Å². The minimum atomic E-state index is -4.05. The van der Waals surface area contributed by atoms with Crippen LogP contribution in [0.4, 0.5) is 0 Å². The van der Waals surface area contributed by atoms with E-state index in [1.807, 2.05) is 13.8 Å². The van der Waals surface area contributed by atoms with Gasteiger partial charge in [0.15, 0.2) is 0 Å². The molecule has 0 rings (SSSR count). The van der Waals surface area contributed by atoms with Crippen molar-refractivity contribution in [1.82, 2.24) is 0 Å². The zero-order chi connectivity index (χ0) is 13.5. The van der Waals surface area contributed by atoms with Crippen molar-refractivity contribution in [2.45, 2.75) is 38.8 Å². The molecule has 0 aliphatic rings. The topological polar surface area (TPSA) is 85.2 Å². The van der Waals surface area contributed by atoms with Gasteiger partial charge in [0.05, 0.1) is 6.16 Å². The Morgan fingerprint density at radius 2 is 1.65 bits per heavy atom. The lowest BCUT2D eigenvalue weighted by Crippen LogP contribution is -2.47. The summed E-state index contributed by atoms with van der Waals surface area (Å²) >= 11 is 0. The zero-order valence-electron chi connectivity index (χ0n) is 10.9. The molecule has 0 atom stereocenters. The van der Waals surface area contributed by atoms with E-state index in [0.717, 1.165) is 12.8 Å². The normalized spacial score (nSPS) is 13.4. The van der Waals surface area contributed by atoms with Gasteiger partial charge in [-0.05, 0) is 12.8 Å². The molecule has 6 nitrogen and oxygen atoms in total. The van der Waals surface area contributed by atoms with Gasteiger partial charge >= 0.3 is 16.4 Å². The van der Waals surface area contributed by atoms with E-state index < -0.39 is 16.4 Å². The Labute approximate surface area is 104 Å². The van der Waals surface area contributed by atoms with Gasteiger partial charge in [0.2, 0.25) is 0 Å². The Balaban J connectivity index is 4.60. The van der Waals surface area contributed by atoms with Gasteiger partial charge in [-0.2, -0.15) is 0 Å². The molecule has 0 spiro atoms. The van der Waals surface area contributed by atoms with Crippen molar-refractivity contribution in [2.75, 3.05) is 20.4 Å². The highest BCUT2D eigenvalue weighted by Crippen LogP contribution is 2.37. The second-order valence-corrected chi connectivity index (χ2v) is 8.48. The molecule has 0 fully saturated rings. The Morgan fingerprint density at radius 1 is 1.18 bits per heavy atom. The molecule has 2 N–H and O–H groups in total. The monoisotopic (exact) mass is 286 g/mol. The minimum absolute atomic E-state index is 0.00154. The van der Waals surface area contributed by atoms with Crippen LogP contribution >= 0.6 is 7.60 Å². The predicted molar refractivity (Wildman–Crippen MR) is 66.9 cm³/mol. The molecular formula is C9H23O6PSi. The maximum Gasteiger partial charge on any atom is 0.501 e. The van der Waals surface area contributed by atoms with E-state index in [-0.39, 0.29) is 18.3 Å². The van der Waals surface area contributed by atoms with Gasteiger partial charge in [-0.1, -0.05) is 13.8 Å². The van der Waals surface area contributed by atoms with Crippen LogP contribution < -0.4 is 0 Å². The van der Waals surface area contributed by atoms with E-state index in [4.69, 9.17) is 23.1 Å². The molecule has 0 radical (unpaired) electrons. The molecule has 0 aromatic rings. The fourth-order valence-electron chi connectivity index (χ4n) is 1.43. The SMILES string of the molecule is CCC(CC)O[Si](CCP(=O)(O)O)(OC)OC. The van der Waals surface area contributed by atoms with E-state index in [1.165, 1.54) is 14.2 Å². The molecule has 0 heterocycles. The maximum atomic E-state index is 10.9. The molecule has 17 heavy (non-hydrogen) atoms. The van der Waals surface area contributed by atoms with Crippen molar-refractivity contribution < 1.29 is 27.6 Å². The summed E-state index contributed by atoms with van der Waals surface area (Å²) in [7, 11) is -4.09. The third kappa shape index (κ3) is 6.66. The fraction of sp³-hybridized carbons (Fsp3) is 1.00. The summed E-state index contributed by atoms with van der Waals surface area (Å²) in [6.45, 7) is 3.98. The van der Waals surface area contributed by atoms with Gasteiger partial charge in [-0.3, -0.25) is 4.57 Å². The van der Waals surface area contributed by atoms with E-state index >= 15 is 0 Å². The molecule has 0 aromatic heterocycles. The third-order valence-electron chi connectivity index (χ3n) is 2.59. The molecule has 0 aliphatic heterocycles. The van der Waals surface area contributed by atoms with Crippen LogP contribution in [0.1, 0.15) is 26.7 Å². The van der Waals surface area contributed by atoms with Crippen LogP contribution in [0.2, 0.25) is 6.04 Å². The average molecular weight is 286 g/mol. The van der Waals surface area contributed by atoms with E-state index in [9.17, 15) is 4.57 Å². The highest BCUT2D eigenvalue weighted by Gasteiger charge is 2.42. The first kappa shape index (κ1) is 17.2. The van der Waals surface area contributed by atoms with E-state index in [1.54, 1.807) is 0 Å². The molecule has 0 aromatic carbocycles. The Bertz CT molecular complexity index is 248. The zero-order valence-corrected chi connectivity index (χ0v) is 12.8. The molecule has 0 bridgehead atoms. The van der Waals surface area contributed by atoms with Crippen LogP contribution in [0.15, 0.2) is 0 Å². The lowest BCUT2D eigenvalue weighted by molar-refractivity contribution is 0.0524. The van der Waals surface area contributed by atoms with Crippen LogP contribution in [-0.4, -0.2) is 45.1 Å². The highest BCUT2D eigenvalue weighted by molar-refractivity contribution is 7.51. The van der Waals surface area contributed by atoms with Crippen molar-refractivity contribution in [3.63, 3.8) is 0 Å². The summed E-state index contributed by atoms with van der Waals surface area (Å²) in [6.07, 6.45) is 1.35. The van der Waals surface area contributed by atoms with Gasteiger partial charge in [0.1, 0.15) is 0 Å². The van der Waals surface area contributed by atoms with Crippen LogP contribution in [0, 0.1) is 0 Å². The summed E-state index contributed by atoms with van der Waals surface area (Å²) in [6, 6.07) is 0.126. The quantitative estimate of drug-likeness (QED) is 0.494. The molecule has 0 aliphatic carbocycles. The summed E-state index contributed by atoms with van der Waals surface area (Å²) in [5, 5.41) is 0. The summed E-state index contributed by atoms with van der Waals surface area (Å²) in [5.74, 6) is 0. The standard InChI is InChI=1S/C9H23O6PSi/c1-5-9(6-2)15-17(13-3,14-4)8-7-16(10,11)12/h9H,5-8H2,1-4H3,(H2,10,11,12). The fourth-order valence-corrected chi connectivity index (χ4v) is 5.42. The minimum Gasteiger partial charge on any atom is -0.377 e. The first-order chi connectivity index (χ1) is 7.82. The maximum absolute atomic E-state index is 10.9. The number of hydrogen-bond acceptors (Lipinski definition) is 4. The van der Waals surface area contributed by atoms with Gasteiger partial charge in [0, 0.05) is 26.4 Å². The molecule has 0 unspecified atom stereocenters. The van der Waals surface area contributed by atoms with Crippen LogP contribution in [-0.2, 0) is 17.8 Å². The molecule has 0 saturated carbocycles. The van der Waals surface area contributed by atoms with Crippen LogP contribution in [0.3, 0.4) is 0 Å². The summed E-state index contributed by atoms with van der Waals surface area (Å²) in [5.41, 5.74) is 0. The second kappa shape index (κ2) is 7.63. The first-order valence-corrected chi connectivity index (χ1v) is 9.38. The van der Waals surface area contributed by atoms with Crippen LogP contribution in [0.25, 0.3) is 0 Å². The number of rotatable bonds is 9. The third-order valence-corrected chi connectivity index (χ3v) is 6.61. The average Bonchev–Trinajstić information content (AvgIpc) is 2.29. The summed E-state index contributed by atoms with van der Waals surface area (Å²) < 4.78 is 27.2. The highest BCUT2D eigenvalue weighted by atomic mass is 31.2. The van der Waals surface area contributed by atoms with Gasteiger partial charge < -0.3 is 23.1 Å². The lowest BCUT2D eigenvalue weighted by Gasteiger charge is -2.30. The van der Waals surface area contributed by atoms with Crippen molar-refractivity contribution >= 4 is 16.4 Å². The molecule has 0 saturated heterocycles. The Kier molecular flexibility index (Phi) is 7.74. The molecule has 8 heteroatoms. The molecular weight excluding hydrogens is 263 g/mol. The predicted octanol–water partition coefficient (Wildman–Crippen LogP) is 1.60. The Hall–Kier alpha value is 0.247. The van der Waals surface area contributed by atoms with E-state index in [2.05, 4.69) is 0 Å². The second-order valence-electron chi connectivity index (χ2n) is 3.79. The summed E-state index contributed by atoms with van der Waals surface area (Å²) in [4.78, 5) is 17.8. The smallest absolute Gasteiger partial charge is 0.377 e. The van der Waals surface area contributed by atoms with Gasteiger partial charge in [-0.15, -0.1) is 0 Å². The van der Waals surface area contributed by atoms with Crippen LogP contribution in [0.5, 0.6) is 0 Å². The van der Waals surface area contributed by atoms with Crippen molar-refractivity contribution in [3.05, 3.63) is 0 Å². The van der Waals surface area contributed by atoms with Gasteiger partial charge in [-0.25, -0.2) is 0 Å². The van der Waals surface area contributed by atoms with Crippen molar-refractivity contribution in [2.24, 2.45) is 0 Å². The van der Waals surface area contributed by atoms with Crippen molar-refractivity contribution in [3.8, 4) is 0 Å². The number of hydrogen-bond donors (Lipinski definition) is 2. The molecule has 104 valence electrons.